The highest BCUT2D eigenvalue weighted by Gasteiger charge is 2.20. The summed E-state index contributed by atoms with van der Waals surface area (Å²) in [4.78, 5) is 5.17. The molecule has 0 amide bonds. The number of nitrogens with zero attached hydrogens (tertiary/aromatic N) is 2. The van der Waals surface area contributed by atoms with E-state index < -0.39 is 0 Å². The van der Waals surface area contributed by atoms with Gasteiger partial charge >= 0.3 is 0 Å². The van der Waals surface area contributed by atoms with Gasteiger partial charge in [0.15, 0.2) is 4.77 Å². The van der Waals surface area contributed by atoms with E-state index in [1.807, 2.05) is 12.4 Å². The van der Waals surface area contributed by atoms with E-state index in [2.05, 4.69) is 42.4 Å². The summed E-state index contributed by atoms with van der Waals surface area (Å²) in [5.41, 5.74) is 0.0422. The fourth-order valence-corrected chi connectivity index (χ4v) is 2.02. The fourth-order valence-electron chi connectivity index (χ4n) is 1.65. The molecule has 3 nitrogen and oxygen atoms in total. The first-order chi connectivity index (χ1) is 5.93. The van der Waals surface area contributed by atoms with E-state index in [-0.39, 0.29) is 5.54 Å². The van der Waals surface area contributed by atoms with Gasteiger partial charge in [-0.2, -0.15) is 0 Å². The van der Waals surface area contributed by atoms with Gasteiger partial charge < -0.3 is 14.5 Å². The van der Waals surface area contributed by atoms with Gasteiger partial charge in [-0.1, -0.05) is 0 Å². The van der Waals surface area contributed by atoms with Crippen LogP contribution in [0.2, 0.25) is 0 Å². The number of hydrogen-bond donors (Lipinski definition) is 1. The van der Waals surface area contributed by atoms with Crippen LogP contribution in [0, 0.1) is 4.77 Å². The van der Waals surface area contributed by atoms with Crippen molar-refractivity contribution in [3.05, 3.63) is 17.2 Å². The van der Waals surface area contributed by atoms with Crippen LogP contribution in [-0.2, 0) is 5.54 Å². The molecule has 0 radical (unpaired) electrons. The van der Waals surface area contributed by atoms with Gasteiger partial charge in [0.25, 0.3) is 0 Å². The molecule has 0 fully saturated rings. The topological polar surface area (TPSA) is 24.0 Å². The van der Waals surface area contributed by atoms with E-state index in [1.165, 1.54) is 0 Å². The Balaban J connectivity index is 2.93. The average molecular weight is 199 g/mol. The summed E-state index contributed by atoms with van der Waals surface area (Å²) in [6.45, 7) is 5.33. The van der Waals surface area contributed by atoms with Gasteiger partial charge in [0, 0.05) is 18.9 Å². The first-order valence-corrected chi connectivity index (χ1v) is 4.75. The van der Waals surface area contributed by atoms with Crippen LogP contribution < -0.4 is 0 Å². The molecule has 4 heteroatoms. The van der Waals surface area contributed by atoms with Crippen molar-refractivity contribution in [1.82, 2.24) is 14.5 Å². The molecule has 1 aromatic rings. The molecule has 0 aliphatic heterocycles. The molecular weight excluding hydrogens is 182 g/mol. The van der Waals surface area contributed by atoms with Gasteiger partial charge in [-0.15, -0.1) is 0 Å². The number of imidazole rings is 1. The Kier molecular flexibility index (Phi) is 2.93. The maximum absolute atomic E-state index is 5.18. The molecule has 0 bridgehead atoms. The maximum atomic E-state index is 5.18. The van der Waals surface area contributed by atoms with Gasteiger partial charge in [-0.05, 0) is 40.2 Å². The molecule has 1 heterocycles. The fraction of sp³-hybridized carbons (Fsp3) is 0.667. The summed E-state index contributed by atoms with van der Waals surface area (Å²) in [5, 5.41) is 0. The lowest BCUT2D eigenvalue weighted by Gasteiger charge is -2.29. The molecule has 0 saturated heterocycles. The monoisotopic (exact) mass is 199 g/mol. The Morgan fingerprint density at radius 1 is 1.54 bits per heavy atom. The molecule has 1 rings (SSSR count). The molecular formula is C9H17N3S. The summed E-state index contributed by atoms with van der Waals surface area (Å²) < 4.78 is 2.87. The molecule has 74 valence electrons. The highest BCUT2D eigenvalue weighted by Crippen LogP contribution is 2.15. The quantitative estimate of drug-likeness (QED) is 0.751. The number of aromatic amines is 1. The third kappa shape index (κ3) is 2.42. The Morgan fingerprint density at radius 2 is 2.15 bits per heavy atom. The maximum Gasteiger partial charge on any atom is 0.177 e. The minimum Gasteiger partial charge on any atom is -0.337 e. The largest absolute Gasteiger partial charge is 0.337 e. The van der Waals surface area contributed by atoms with Gasteiger partial charge in [0.1, 0.15) is 0 Å². The highest BCUT2D eigenvalue weighted by atomic mass is 32.1. The summed E-state index contributed by atoms with van der Waals surface area (Å²) >= 11 is 5.18. The van der Waals surface area contributed by atoms with E-state index in [9.17, 15) is 0 Å². The number of aromatic nitrogens is 2. The second-order valence-corrected chi connectivity index (χ2v) is 4.57. The zero-order valence-electron chi connectivity index (χ0n) is 8.66. The summed E-state index contributed by atoms with van der Waals surface area (Å²) in [6, 6.07) is 0. The summed E-state index contributed by atoms with van der Waals surface area (Å²) in [7, 11) is 4.13. The van der Waals surface area contributed by atoms with E-state index in [1.54, 1.807) is 0 Å². The number of hydrogen-bond acceptors (Lipinski definition) is 2. The Bertz CT molecular complexity index is 322. The molecule has 0 aromatic carbocycles. The third-order valence-corrected chi connectivity index (χ3v) is 2.32. The predicted molar refractivity (Wildman–Crippen MR) is 57.5 cm³/mol. The Morgan fingerprint density at radius 3 is 2.54 bits per heavy atom. The van der Waals surface area contributed by atoms with Gasteiger partial charge in [0.2, 0.25) is 0 Å². The van der Waals surface area contributed by atoms with Crippen molar-refractivity contribution >= 4 is 12.2 Å². The molecule has 1 N–H and O–H groups in total. The molecule has 0 unspecified atom stereocenters. The number of nitrogens with one attached hydrogen (secondary N) is 1. The number of H-pyrrole nitrogens is 1. The lowest BCUT2D eigenvalue weighted by Crippen LogP contribution is -2.37. The average Bonchev–Trinajstić information content (AvgIpc) is 2.32. The molecule has 0 aliphatic rings. The first-order valence-electron chi connectivity index (χ1n) is 4.35. The normalized spacial score (nSPS) is 12.4. The Hall–Kier alpha value is -0.610. The predicted octanol–water partition coefficient (Wildman–Crippen LogP) is 1.84. The molecule has 13 heavy (non-hydrogen) atoms. The summed E-state index contributed by atoms with van der Waals surface area (Å²) in [6.07, 6.45) is 3.87. The first kappa shape index (κ1) is 10.5. The minimum absolute atomic E-state index is 0.0422. The Labute approximate surface area is 84.4 Å². The molecule has 1 aromatic heterocycles. The van der Waals surface area contributed by atoms with Crippen molar-refractivity contribution in [2.24, 2.45) is 0 Å². The van der Waals surface area contributed by atoms with Crippen molar-refractivity contribution < 1.29 is 0 Å². The summed E-state index contributed by atoms with van der Waals surface area (Å²) in [5.74, 6) is 0. The van der Waals surface area contributed by atoms with Crippen molar-refractivity contribution in [2.45, 2.75) is 19.4 Å². The van der Waals surface area contributed by atoms with Gasteiger partial charge in [-0.25, -0.2) is 0 Å². The molecule has 0 saturated carbocycles. The van der Waals surface area contributed by atoms with Crippen LogP contribution in [0.5, 0.6) is 0 Å². The van der Waals surface area contributed by atoms with Crippen LogP contribution in [-0.4, -0.2) is 35.1 Å². The van der Waals surface area contributed by atoms with E-state index >= 15 is 0 Å². The molecule has 0 atom stereocenters. The van der Waals surface area contributed by atoms with Gasteiger partial charge in [-0.3, -0.25) is 0 Å². The second-order valence-electron chi connectivity index (χ2n) is 4.19. The van der Waals surface area contributed by atoms with Gasteiger partial charge in [0.05, 0.1) is 5.54 Å². The van der Waals surface area contributed by atoms with Crippen molar-refractivity contribution in [3.63, 3.8) is 0 Å². The van der Waals surface area contributed by atoms with E-state index in [4.69, 9.17) is 12.2 Å². The van der Waals surface area contributed by atoms with Crippen LogP contribution in [0.15, 0.2) is 12.4 Å². The number of rotatable bonds is 3. The smallest absolute Gasteiger partial charge is 0.177 e. The SMILES string of the molecule is CN(C)CC(C)(C)n1cc[nH]c1=S. The van der Waals surface area contributed by atoms with Crippen LogP contribution in [0.1, 0.15) is 13.8 Å². The van der Waals surface area contributed by atoms with Crippen LogP contribution >= 0.6 is 12.2 Å². The minimum atomic E-state index is 0.0422. The van der Waals surface area contributed by atoms with Crippen molar-refractivity contribution in [2.75, 3.05) is 20.6 Å². The van der Waals surface area contributed by atoms with E-state index in [0.29, 0.717) is 0 Å². The third-order valence-electron chi connectivity index (χ3n) is 2.00. The van der Waals surface area contributed by atoms with Crippen molar-refractivity contribution in [1.29, 1.82) is 0 Å². The molecule has 0 spiro atoms. The highest BCUT2D eigenvalue weighted by molar-refractivity contribution is 7.71. The van der Waals surface area contributed by atoms with Crippen LogP contribution in [0.25, 0.3) is 0 Å². The van der Waals surface area contributed by atoms with E-state index in [0.717, 1.165) is 11.3 Å². The lowest BCUT2D eigenvalue weighted by molar-refractivity contribution is 0.239. The second kappa shape index (κ2) is 3.64. The van der Waals surface area contributed by atoms with Crippen molar-refractivity contribution in [3.8, 4) is 0 Å². The zero-order chi connectivity index (χ0) is 10.1. The molecule has 0 aliphatic carbocycles. The van der Waals surface area contributed by atoms with Crippen LogP contribution in [0.3, 0.4) is 0 Å². The van der Waals surface area contributed by atoms with Crippen LogP contribution in [0.4, 0.5) is 0 Å². The standard InChI is InChI=1S/C9H17N3S/c1-9(2,7-11(3)4)12-6-5-10-8(12)13/h5-6H,7H2,1-4H3,(H,10,13). The zero-order valence-corrected chi connectivity index (χ0v) is 9.48. The number of likely N-dealkylation sites (N-methyl/N-ethyl adjacent to an activating group) is 1. The lowest BCUT2D eigenvalue weighted by atomic mass is 10.1.